The van der Waals surface area contributed by atoms with Crippen LogP contribution in [0.4, 0.5) is 0 Å². The molecule has 1 aliphatic carbocycles. The maximum Gasteiger partial charge on any atom is 0.157 e. The molecule has 2 rings (SSSR count). The second kappa shape index (κ2) is 5.45. The fourth-order valence-electron chi connectivity index (χ4n) is 2.40. The van der Waals surface area contributed by atoms with Gasteiger partial charge in [0.1, 0.15) is 0 Å². The second-order valence-corrected chi connectivity index (χ2v) is 5.95. The normalized spacial score (nSPS) is 17.4. The van der Waals surface area contributed by atoms with Crippen LogP contribution >= 0.6 is 0 Å². The Bertz CT molecular complexity index is 562. The molecule has 19 heavy (non-hydrogen) atoms. The van der Waals surface area contributed by atoms with Gasteiger partial charge in [0.15, 0.2) is 5.78 Å². The minimum atomic E-state index is 0.0436. The summed E-state index contributed by atoms with van der Waals surface area (Å²) in [6, 6.07) is 8.30. The molecule has 1 aromatic rings. The molecule has 98 valence electrons. The lowest BCUT2D eigenvalue weighted by molar-refractivity contribution is -0.116. The van der Waals surface area contributed by atoms with E-state index in [1.165, 1.54) is 5.56 Å². The van der Waals surface area contributed by atoms with E-state index in [2.05, 4.69) is 44.7 Å². The van der Waals surface area contributed by atoms with Crippen molar-refractivity contribution in [3.63, 3.8) is 0 Å². The van der Waals surface area contributed by atoms with E-state index in [0.717, 1.165) is 24.0 Å². The fraction of sp³-hybridized carbons (Fsp3) is 0.389. The zero-order valence-corrected chi connectivity index (χ0v) is 11.9. The number of benzene rings is 1. The molecule has 1 aromatic carbocycles. The smallest absolute Gasteiger partial charge is 0.157 e. The van der Waals surface area contributed by atoms with Crippen LogP contribution in [0.3, 0.4) is 0 Å². The molecule has 0 atom stereocenters. The van der Waals surface area contributed by atoms with Crippen LogP contribution in [0.25, 0.3) is 0 Å². The summed E-state index contributed by atoms with van der Waals surface area (Å²) in [5, 5.41) is 0. The zero-order valence-electron chi connectivity index (χ0n) is 11.9. The standard InChI is InChI=1S/C18H20O/c1-4-14-5-7-15(8-6-14)9-10-16-11-17(19)13-18(2,3)12-16/h5-8,11H,4,12-13H2,1-3H3. The van der Waals surface area contributed by atoms with Gasteiger partial charge in [-0.15, -0.1) is 0 Å². The van der Waals surface area contributed by atoms with Gasteiger partial charge in [0.2, 0.25) is 0 Å². The van der Waals surface area contributed by atoms with Crippen molar-refractivity contribution in [1.82, 2.24) is 0 Å². The van der Waals surface area contributed by atoms with Gasteiger partial charge < -0.3 is 0 Å². The number of allylic oxidation sites excluding steroid dienone is 2. The number of carbonyl (C=O) groups excluding carboxylic acids is 1. The second-order valence-electron chi connectivity index (χ2n) is 5.95. The lowest BCUT2D eigenvalue weighted by atomic mass is 9.77. The summed E-state index contributed by atoms with van der Waals surface area (Å²) in [5.41, 5.74) is 3.33. The van der Waals surface area contributed by atoms with E-state index >= 15 is 0 Å². The highest BCUT2D eigenvalue weighted by Gasteiger charge is 2.26. The molecule has 0 heterocycles. The van der Waals surface area contributed by atoms with Gasteiger partial charge in [-0.05, 0) is 42.0 Å². The molecule has 1 heteroatoms. The molecule has 0 amide bonds. The molecule has 0 spiro atoms. The summed E-state index contributed by atoms with van der Waals surface area (Å²) in [6.45, 7) is 6.38. The highest BCUT2D eigenvalue weighted by Crippen LogP contribution is 2.33. The largest absolute Gasteiger partial charge is 0.295 e. The Balaban J connectivity index is 2.17. The first kappa shape index (κ1) is 13.6. The highest BCUT2D eigenvalue weighted by molar-refractivity contribution is 5.92. The summed E-state index contributed by atoms with van der Waals surface area (Å²) >= 11 is 0. The van der Waals surface area contributed by atoms with Crippen LogP contribution in [0.1, 0.15) is 44.7 Å². The van der Waals surface area contributed by atoms with Crippen LogP contribution in [0.15, 0.2) is 35.9 Å². The van der Waals surface area contributed by atoms with Gasteiger partial charge in [0, 0.05) is 17.6 Å². The maximum absolute atomic E-state index is 11.6. The average Bonchev–Trinajstić information content (AvgIpc) is 2.34. The lowest BCUT2D eigenvalue weighted by Gasteiger charge is -2.26. The number of hydrogen-bond donors (Lipinski definition) is 0. The van der Waals surface area contributed by atoms with Gasteiger partial charge in [0.25, 0.3) is 0 Å². The Hall–Kier alpha value is -1.81. The highest BCUT2D eigenvalue weighted by atomic mass is 16.1. The maximum atomic E-state index is 11.6. The van der Waals surface area contributed by atoms with Crippen molar-refractivity contribution in [2.75, 3.05) is 0 Å². The van der Waals surface area contributed by atoms with Crippen molar-refractivity contribution in [3.8, 4) is 11.8 Å². The summed E-state index contributed by atoms with van der Waals surface area (Å²) < 4.78 is 0. The predicted molar refractivity (Wildman–Crippen MR) is 78.8 cm³/mol. The Morgan fingerprint density at radius 1 is 1.11 bits per heavy atom. The van der Waals surface area contributed by atoms with Crippen molar-refractivity contribution >= 4 is 5.78 Å². The molecule has 0 saturated heterocycles. The molecule has 0 N–H and O–H groups in total. The zero-order chi connectivity index (χ0) is 13.9. The number of aryl methyl sites for hydroxylation is 1. The Kier molecular flexibility index (Phi) is 3.90. The third-order valence-electron chi connectivity index (χ3n) is 3.39. The van der Waals surface area contributed by atoms with Gasteiger partial charge in [0.05, 0.1) is 0 Å². The van der Waals surface area contributed by atoms with Gasteiger partial charge in [-0.25, -0.2) is 0 Å². The van der Waals surface area contributed by atoms with Gasteiger partial charge in [-0.1, -0.05) is 44.7 Å². The fourth-order valence-corrected chi connectivity index (χ4v) is 2.40. The molecule has 0 aliphatic heterocycles. The average molecular weight is 252 g/mol. The van der Waals surface area contributed by atoms with Crippen molar-refractivity contribution in [2.24, 2.45) is 5.41 Å². The SMILES string of the molecule is CCc1ccc(C#CC2=CC(=O)CC(C)(C)C2)cc1. The van der Waals surface area contributed by atoms with E-state index in [1.807, 2.05) is 12.1 Å². The molecular weight excluding hydrogens is 232 g/mol. The Labute approximate surface area is 115 Å². The minimum absolute atomic E-state index is 0.0436. The first-order valence-corrected chi connectivity index (χ1v) is 6.83. The van der Waals surface area contributed by atoms with Crippen LogP contribution in [-0.2, 0) is 11.2 Å². The third kappa shape index (κ3) is 3.83. The van der Waals surface area contributed by atoms with Crippen molar-refractivity contribution < 1.29 is 4.79 Å². The molecule has 0 radical (unpaired) electrons. The first-order chi connectivity index (χ1) is 8.98. The molecule has 0 unspecified atom stereocenters. The van der Waals surface area contributed by atoms with Crippen molar-refractivity contribution in [3.05, 3.63) is 47.0 Å². The molecule has 1 nitrogen and oxygen atoms in total. The molecule has 0 fully saturated rings. The van der Waals surface area contributed by atoms with Crippen LogP contribution < -0.4 is 0 Å². The van der Waals surface area contributed by atoms with Crippen molar-refractivity contribution in [2.45, 2.75) is 40.0 Å². The molecule has 0 saturated carbocycles. The monoisotopic (exact) mass is 252 g/mol. The Morgan fingerprint density at radius 2 is 1.79 bits per heavy atom. The van der Waals surface area contributed by atoms with E-state index in [1.54, 1.807) is 6.08 Å². The summed E-state index contributed by atoms with van der Waals surface area (Å²) in [4.78, 5) is 11.6. The summed E-state index contributed by atoms with van der Waals surface area (Å²) in [5.74, 6) is 6.50. The summed E-state index contributed by atoms with van der Waals surface area (Å²) in [6.07, 6.45) is 4.27. The van der Waals surface area contributed by atoms with Gasteiger partial charge in [-0.2, -0.15) is 0 Å². The first-order valence-electron chi connectivity index (χ1n) is 6.83. The van der Waals surface area contributed by atoms with E-state index in [-0.39, 0.29) is 11.2 Å². The molecular formula is C18H20O. The number of carbonyl (C=O) groups is 1. The number of ketones is 1. The number of rotatable bonds is 1. The topological polar surface area (TPSA) is 17.1 Å². The van der Waals surface area contributed by atoms with Crippen LogP contribution in [0, 0.1) is 17.3 Å². The Morgan fingerprint density at radius 3 is 2.37 bits per heavy atom. The molecule has 0 aromatic heterocycles. The number of hydrogen-bond acceptors (Lipinski definition) is 1. The quantitative estimate of drug-likeness (QED) is 0.692. The van der Waals surface area contributed by atoms with Gasteiger partial charge >= 0.3 is 0 Å². The summed E-state index contributed by atoms with van der Waals surface area (Å²) in [7, 11) is 0. The van der Waals surface area contributed by atoms with E-state index < -0.39 is 0 Å². The van der Waals surface area contributed by atoms with Crippen LogP contribution in [-0.4, -0.2) is 5.78 Å². The van der Waals surface area contributed by atoms with E-state index in [0.29, 0.717) is 6.42 Å². The third-order valence-corrected chi connectivity index (χ3v) is 3.39. The predicted octanol–water partition coefficient (Wildman–Crippen LogP) is 3.92. The van der Waals surface area contributed by atoms with E-state index in [4.69, 9.17) is 0 Å². The van der Waals surface area contributed by atoms with Crippen LogP contribution in [0.5, 0.6) is 0 Å². The minimum Gasteiger partial charge on any atom is -0.295 e. The van der Waals surface area contributed by atoms with E-state index in [9.17, 15) is 4.79 Å². The molecule has 1 aliphatic rings. The van der Waals surface area contributed by atoms with Gasteiger partial charge in [-0.3, -0.25) is 4.79 Å². The molecule has 0 bridgehead atoms. The lowest BCUT2D eigenvalue weighted by Crippen LogP contribution is -2.21. The van der Waals surface area contributed by atoms with Crippen LogP contribution in [0.2, 0.25) is 0 Å². The van der Waals surface area contributed by atoms with Crippen molar-refractivity contribution in [1.29, 1.82) is 0 Å².